The van der Waals surface area contributed by atoms with Crippen molar-refractivity contribution in [2.45, 2.75) is 25.7 Å². The number of halogens is 2. The van der Waals surface area contributed by atoms with Crippen molar-refractivity contribution in [2.75, 3.05) is 5.32 Å². The van der Waals surface area contributed by atoms with Crippen LogP contribution in [0.1, 0.15) is 25.7 Å². The van der Waals surface area contributed by atoms with E-state index >= 15 is 0 Å². The summed E-state index contributed by atoms with van der Waals surface area (Å²) in [6.45, 7) is 0. The fraction of sp³-hybridized carbons (Fsp3) is 0.333. The molecule has 0 aromatic heterocycles. The van der Waals surface area contributed by atoms with Gasteiger partial charge in [-0.2, -0.15) is 0 Å². The van der Waals surface area contributed by atoms with Gasteiger partial charge in [0.05, 0.1) is 5.69 Å². The van der Waals surface area contributed by atoms with Crippen LogP contribution in [0.4, 0.5) is 5.69 Å². The van der Waals surface area contributed by atoms with Crippen molar-refractivity contribution in [3.8, 4) is 0 Å². The van der Waals surface area contributed by atoms with Gasteiger partial charge in [0, 0.05) is 21.4 Å². The smallest absolute Gasteiger partial charge is 0.303 e. The zero-order chi connectivity index (χ0) is 13.5. The molecule has 1 amide bonds. The van der Waals surface area contributed by atoms with Crippen molar-refractivity contribution in [1.82, 2.24) is 0 Å². The normalized spacial score (nSPS) is 10.1. The summed E-state index contributed by atoms with van der Waals surface area (Å²) in [5.41, 5.74) is 0.725. The monoisotopic (exact) mass is 381 g/mol. The summed E-state index contributed by atoms with van der Waals surface area (Å²) in [6, 6.07) is 5.23. The van der Waals surface area contributed by atoms with Crippen molar-refractivity contribution in [3.05, 3.63) is 26.8 Å². The third kappa shape index (κ3) is 5.68. The Morgan fingerprint density at radius 2 is 1.94 bits per heavy atom. The molecule has 98 valence electrons. The van der Waals surface area contributed by atoms with Crippen LogP contribution in [0.2, 0.25) is 5.02 Å². The van der Waals surface area contributed by atoms with Gasteiger partial charge in [-0.3, -0.25) is 9.59 Å². The van der Waals surface area contributed by atoms with Crippen molar-refractivity contribution < 1.29 is 14.7 Å². The number of carboxylic acids is 1. The summed E-state index contributed by atoms with van der Waals surface area (Å²) >= 11 is 7.91. The lowest BCUT2D eigenvalue weighted by Gasteiger charge is -2.07. The molecule has 0 heterocycles. The van der Waals surface area contributed by atoms with Gasteiger partial charge in [0.1, 0.15) is 0 Å². The molecule has 2 N–H and O–H groups in total. The quantitative estimate of drug-likeness (QED) is 0.585. The molecule has 0 bridgehead atoms. The summed E-state index contributed by atoms with van der Waals surface area (Å²) in [5.74, 6) is -0.941. The molecule has 0 fully saturated rings. The molecule has 0 atom stereocenters. The molecule has 0 saturated heterocycles. The maximum Gasteiger partial charge on any atom is 0.303 e. The molecule has 18 heavy (non-hydrogen) atoms. The Labute approximate surface area is 124 Å². The number of rotatable bonds is 6. The molecule has 0 spiro atoms. The maximum absolute atomic E-state index is 11.6. The highest BCUT2D eigenvalue weighted by Crippen LogP contribution is 2.22. The molecule has 4 nitrogen and oxygen atoms in total. The van der Waals surface area contributed by atoms with E-state index < -0.39 is 5.97 Å². The van der Waals surface area contributed by atoms with E-state index in [0.717, 1.165) is 9.26 Å². The summed E-state index contributed by atoms with van der Waals surface area (Å²) < 4.78 is 0.874. The zero-order valence-electron chi connectivity index (χ0n) is 9.58. The molecule has 0 aliphatic rings. The number of aliphatic carboxylic acids is 1. The van der Waals surface area contributed by atoms with E-state index in [-0.39, 0.29) is 12.3 Å². The van der Waals surface area contributed by atoms with Gasteiger partial charge in [-0.1, -0.05) is 11.6 Å². The predicted octanol–water partition coefficient (Wildman–Crippen LogP) is 3.53. The number of nitrogens with one attached hydrogen (secondary N) is 1. The van der Waals surface area contributed by atoms with Crippen molar-refractivity contribution in [2.24, 2.45) is 0 Å². The van der Waals surface area contributed by atoms with Gasteiger partial charge in [-0.15, -0.1) is 0 Å². The van der Waals surface area contributed by atoms with Crippen LogP contribution in [0.15, 0.2) is 18.2 Å². The molecule has 1 aromatic carbocycles. The minimum Gasteiger partial charge on any atom is -0.481 e. The van der Waals surface area contributed by atoms with Crippen LogP contribution in [0.5, 0.6) is 0 Å². The molecular weight excluding hydrogens is 368 g/mol. The predicted molar refractivity (Wildman–Crippen MR) is 78.9 cm³/mol. The third-order valence-electron chi connectivity index (χ3n) is 2.25. The van der Waals surface area contributed by atoms with Crippen LogP contribution < -0.4 is 5.32 Å². The fourth-order valence-electron chi connectivity index (χ4n) is 1.37. The van der Waals surface area contributed by atoms with Gasteiger partial charge in [-0.05, 0) is 53.6 Å². The largest absolute Gasteiger partial charge is 0.481 e. The minimum absolute atomic E-state index is 0.103. The summed E-state index contributed by atoms with van der Waals surface area (Å²) in [4.78, 5) is 21.9. The number of carbonyl (C=O) groups is 2. The summed E-state index contributed by atoms with van der Waals surface area (Å²) in [7, 11) is 0. The molecule has 0 saturated carbocycles. The highest BCUT2D eigenvalue weighted by molar-refractivity contribution is 14.1. The second-order valence-electron chi connectivity index (χ2n) is 3.77. The van der Waals surface area contributed by atoms with Crippen LogP contribution >= 0.6 is 34.2 Å². The van der Waals surface area contributed by atoms with Gasteiger partial charge in [0.2, 0.25) is 5.91 Å². The highest BCUT2D eigenvalue weighted by Gasteiger charge is 2.06. The number of hydrogen-bond donors (Lipinski definition) is 2. The summed E-state index contributed by atoms with van der Waals surface area (Å²) in [6.07, 6.45) is 1.51. The van der Waals surface area contributed by atoms with Gasteiger partial charge in [-0.25, -0.2) is 0 Å². The Hall–Kier alpha value is -0.820. The first-order valence-electron chi connectivity index (χ1n) is 5.45. The van der Waals surface area contributed by atoms with Crippen LogP contribution in [0.3, 0.4) is 0 Å². The zero-order valence-corrected chi connectivity index (χ0v) is 12.5. The van der Waals surface area contributed by atoms with Crippen molar-refractivity contribution >= 4 is 51.8 Å². The van der Waals surface area contributed by atoms with Crippen molar-refractivity contribution in [3.63, 3.8) is 0 Å². The molecule has 0 aliphatic heterocycles. The second-order valence-corrected chi connectivity index (χ2v) is 5.37. The van der Waals surface area contributed by atoms with Crippen molar-refractivity contribution in [1.29, 1.82) is 0 Å². The number of carboxylic acid groups (broad SMARTS) is 1. The molecule has 6 heteroatoms. The SMILES string of the molecule is O=C(O)CCCCC(=O)Nc1ccc(Cl)cc1I. The first-order valence-corrected chi connectivity index (χ1v) is 6.91. The Bertz CT molecular complexity index is 451. The number of carbonyl (C=O) groups excluding carboxylic acids is 1. The van der Waals surface area contributed by atoms with Gasteiger partial charge in [0.25, 0.3) is 0 Å². The lowest BCUT2D eigenvalue weighted by Crippen LogP contribution is -2.12. The topological polar surface area (TPSA) is 66.4 Å². The van der Waals surface area contributed by atoms with Gasteiger partial charge in [0.15, 0.2) is 0 Å². The third-order valence-corrected chi connectivity index (χ3v) is 3.38. The number of unbranched alkanes of at least 4 members (excludes halogenated alkanes) is 1. The first kappa shape index (κ1) is 15.2. The van der Waals surface area contributed by atoms with Gasteiger partial charge < -0.3 is 10.4 Å². The Balaban J connectivity index is 2.38. The van der Waals surface area contributed by atoms with Gasteiger partial charge >= 0.3 is 5.97 Å². The Morgan fingerprint density at radius 1 is 1.28 bits per heavy atom. The lowest BCUT2D eigenvalue weighted by molar-refractivity contribution is -0.137. The van der Waals surface area contributed by atoms with Crippen LogP contribution in [0.25, 0.3) is 0 Å². The van der Waals surface area contributed by atoms with E-state index in [1.807, 2.05) is 0 Å². The van der Waals surface area contributed by atoms with E-state index in [2.05, 4.69) is 27.9 Å². The highest BCUT2D eigenvalue weighted by atomic mass is 127. The summed E-state index contributed by atoms with van der Waals surface area (Å²) in [5, 5.41) is 11.9. The van der Waals surface area contributed by atoms with E-state index in [1.54, 1.807) is 18.2 Å². The van der Waals surface area contributed by atoms with Crippen LogP contribution in [-0.4, -0.2) is 17.0 Å². The number of hydrogen-bond acceptors (Lipinski definition) is 2. The number of anilines is 1. The first-order chi connectivity index (χ1) is 8.49. The molecule has 0 radical (unpaired) electrons. The number of benzene rings is 1. The standard InChI is InChI=1S/C12H13ClINO3/c13-8-5-6-10(9(14)7-8)15-11(16)3-1-2-4-12(17)18/h5-7H,1-4H2,(H,15,16)(H,17,18). The van der Waals surface area contributed by atoms with Crippen LogP contribution in [-0.2, 0) is 9.59 Å². The van der Waals surface area contributed by atoms with E-state index in [4.69, 9.17) is 16.7 Å². The fourth-order valence-corrected chi connectivity index (χ4v) is 2.37. The number of amides is 1. The Kier molecular flexibility index (Phi) is 6.42. The second kappa shape index (κ2) is 7.58. The van der Waals surface area contributed by atoms with Crippen LogP contribution in [0, 0.1) is 3.57 Å². The molecule has 1 aromatic rings. The minimum atomic E-state index is -0.831. The average Bonchev–Trinajstić information content (AvgIpc) is 2.28. The van der Waals surface area contributed by atoms with E-state index in [9.17, 15) is 9.59 Å². The van der Waals surface area contributed by atoms with E-state index in [1.165, 1.54) is 0 Å². The lowest BCUT2D eigenvalue weighted by atomic mass is 10.2. The molecular formula is C12H13ClINO3. The molecule has 0 aliphatic carbocycles. The maximum atomic E-state index is 11.6. The van der Waals surface area contributed by atoms with E-state index in [0.29, 0.717) is 24.3 Å². The molecule has 0 unspecified atom stereocenters. The Morgan fingerprint density at radius 3 is 2.56 bits per heavy atom. The average molecular weight is 382 g/mol. The molecule has 1 rings (SSSR count).